The molecule has 0 spiro atoms. The monoisotopic (exact) mass is 328 g/mol. The van der Waals surface area contributed by atoms with Gasteiger partial charge < -0.3 is 15.5 Å². The summed E-state index contributed by atoms with van der Waals surface area (Å²) in [5.41, 5.74) is 0.373. The number of phenols is 1. The minimum absolute atomic E-state index is 0.0354. The summed E-state index contributed by atoms with van der Waals surface area (Å²) < 4.78 is 0.571. The van der Waals surface area contributed by atoms with Crippen molar-refractivity contribution in [2.45, 2.75) is 0 Å². The average Bonchev–Trinajstić information content (AvgIpc) is 2.34. The largest absolute Gasteiger partial charge is 0.508 e. The molecule has 0 fully saturated rings. The van der Waals surface area contributed by atoms with Crippen molar-refractivity contribution in [1.82, 2.24) is 5.32 Å². The third-order valence-electron chi connectivity index (χ3n) is 2.13. The molecule has 0 heterocycles. The van der Waals surface area contributed by atoms with E-state index in [9.17, 15) is 14.7 Å². The molecule has 1 rings (SSSR count). The number of aromatic hydroxyl groups is 1. The first-order valence-corrected chi connectivity index (χ1v) is 6.09. The molecular formula is C12H13BrN2O4. The summed E-state index contributed by atoms with van der Waals surface area (Å²) in [6, 6.07) is 5.11. The molecule has 0 atom stereocenters. The number of carboxylic acids is 1. The lowest BCUT2D eigenvalue weighted by Crippen LogP contribution is -2.43. The van der Waals surface area contributed by atoms with E-state index in [1.807, 2.05) is 0 Å². The zero-order valence-electron chi connectivity index (χ0n) is 9.97. The van der Waals surface area contributed by atoms with Gasteiger partial charge in [-0.2, -0.15) is 0 Å². The highest BCUT2D eigenvalue weighted by Crippen LogP contribution is 2.18. The van der Waals surface area contributed by atoms with Crippen molar-refractivity contribution in [2.75, 3.05) is 18.0 Å². The van der Waals surface area contributed by atoms with Gasteiger partial charge in [0, 0.05) is 10.2 Å². The van der Waals surface area contributed by atoms with Gasteiger partial charge in [0.2, 0.25) is 0 Å². The van der Waals surface area contributed by atoms with Gasteiger partial charge in [-0.1, -0.05) is 22.5 Å². The van der Waals surface area contributed by atoms with Gasteiger partial charge in [0.25, 0.3) is 0 Å². The van der Waals surface area contributed by atoms with Crippen LogP contribution in [0.3, 0.4) is 0 Å². The van der Waals surface area contributed by atoms with Crippen LogP contribution >= 0.6 is 15.9 Å². The summed E-state index contributed by atoms with van der Waals surface area (Å²) in [6.07, 6.45) is 0. The number of anilines is 1. The quantitative estimate of drug-likeness (QED) is 0.770. The molecule has 0 aliphatic rings. The van der Waals surface area contributed by atoms with E-state index in [1.54, 1.807) is 0 Å². The van der Waals surface area contributed by atoms with E-state index in [1.165, 1.54) is 24.3 Å². The van der Waals surface area contributed by atoms with Crippen LogP contribution in [0.25, 0.3) is 0 Å². The maximum Gasteiger partial charge on any atom is 0.323 e. The zero-order valence-corrected chi connectivity index (χ0v) is 11.6. The van der Waals surface area contributed by atoms with Crippen LogP contribution in [0.5, 0.6) is 5.75 Å². The molecule has 19 heavy (non-hydrogen) atoms. The fourth-order valence-electron chi connectivity index (χ4n) is 1.32. The van der Waals surface area contributed by atoms with Gasteiger partial charge in [-0.25, -0.2) is 4.79 Å². The molecule has 7 heteroatoms. The number of nitrogens with zero attached hydrogens (tertiary/aromatic N) is 1. The smallest absolute Gasteiger partial charge is 0.323 e. The Morgan fingerprint density at radius 1 is 1.32 bits per heavy atom. The van der Waals surface area contributed by atoms with Crippen molar-refractivity contribution < 1.29 is 19.8 Å². The van der Waals surface area contributed by atoms with Crippen LogP contribution in [0.1, 0.15) is 0 Å². The number of urea groups is 1. The topological polar surface area (TPSA) is 89.9 Å². The first-order chi connectivity index (χ1) is 8.90. The van der Waals surface area contributed by atoms with Crippen molar-refractivity contribution in [1.29, 1.82) is 0 Å². The molecule has 6 nitrogen and oxygen atoms in total. The van der Waals surface area contributed by atoms with Crippen LogP contribution in [0, 0.1) is 0 Å². The predicted molar refractivity (Wildman–Crippen MR) is 74.6 cm³/mol. The normalized spacial score (nSPS) is 9.74. The van der Waals surface area contributed by atoms with Crippen LogP contribution in [0.15, 0.2) is 35.3 Å². The molecular weight excluding hydrogens is 316 g/mol. The molecule has 0 unspecified atom stereocenters. The molecule has 0 aliphatic carbocycles. The average molecular weight is 329 g/mol. The molecule has 0 saturated heterocycles. The summed E-state index contributed by atoms with van der Waals surface area (Å²) >= 11 is 3.09. The fraction of sp³-hybridized carbons (Fsp3) is 0.167. The lowest BCUT2D eigenvalue weighted by atomic mass is 10.3. The highest BCUT2D eigenvalue weighted by atomic mass is 79.9. The lowest BCUT2D eigenvalue weighted by molar-refractivity contribution is -0.135. The van der Waals surface area contributed by atoms with Crippen LogP contribution < -0.4 is 10.2 Å². The van der Waals surface area contributed by atoms with Gasteiger partial charge in [0.15, 0.2) is 0 Å². The van der Waals surface area contributed by atoms with Gasteiger partial charge >= 0.3 is 12.0 Å². The number of carbonyl (C=O) groups excluding carboxylic acids is 1. The summed E-state index contributed by atoms with van der Waals surface area (Å²) in [5, 5.41) is 20.5. The van der Waals surface area contributed by atoms with Crippen LogP contribution in [-0.2, 0) is 4.79 Å². The SMILES string of the molecule is C=C(Br)CNC(=O)N(CC(=O)O)c1ccc(O)cc1. The van der Waals surface area contributed by atoms with Gasteiger partial charge in [-0.15, -0.1) is 0 Å². The van der Waals surface area contributed by atoms with E-state index in [0.717, 1.165) is 4.90 Å². The Labute approximate surface area is 118 Å². The maximum absolute atomic E-state index is 11.9. The number of hydrogen-bond acceptors (Lipinski definition) is 3. The molecule has 3 N–H and O–H groups in total. The molecule has 102 valence electrons. The van der Waals surface area contributed by atoms with Gasteiger partial charge in [-0.3, -0.25) is 9.69 Å². The molecule has 0 saturated carbocycles. The van der Waals surface area contributed by atoms with E-state index >= 15 is 0 Å². The Morgan fingerprint density at radius 3 is 2.37 bits per heavy atom. The Morgan fingerprint density at radius 2 is 1.89 bits per heavy atom. The highest BCUT2D eigenvalue weighted by Gasteiger charge is 2.18. The predicted octanol–water partition coefficient (Wildman–Crippen LogP) is 1.90. The van der Waals surface area contributed by atoms with Crippen LogP contribution in [0.2, 0.25) is 0 Å². The molecule has 0 radical (unpaired) electrons. The standard InChI is InChI=1S/C12H13BrN2O4/c1-8(13)6-14-12(19)15(7-11(17)18)9-2-4-10(16)5-3-9/h2-5,16H,1,6-7H2,(H,14,19)(H,17,18). The van der Waals surface area contributed by atoms with Crippen molar-refractivity contribution in [3.8, 4) is 5.75 Å². The van der Waals surface area contributed by atoms with Gasteiger partial charge in [0.1, 0.15) is 12.3 Å². The third kappa shape index (κ3) is 5.01. The molecule has 2 amide bonds. The Bertz CT molecular complexity index is 487. The third-order valence-corrected chi connectivity index (χ3v) is 2.41. The number of aliphatic carboxylic acids is 1. The fourth-order valence-corrected chi connectivity index (χ4v) is 1.46. The van der Waals surface area contributed by atoms with Crippen molar-refractivity contribution in [3.05, 3.63) is 35.3 Å². The maximum atomic E-state index is 11.9. The Hall–Kier alpha value is -2.02. The molecule has 0 aromatic heterocycles. The first kappa shape index (κ1) is 15.0. The van der Waals surface area contributed by atoms with E-state index < -0.39 is 18.5 Å². The summed E-state index contributed by atoms with van der Waals surface area (Å²) in [6.45, 7) is 3.27. The van der Waals surface area contributed by atoms with E-state index in [-0.39, 0.29) is 12.3 Å². The molecule has 0 bridgehead atoms. The zero-order chi connectivity index (χ0) is 14.4. The number of carbonyl (C=O) groups is 2. The van der Waals surface area contributed by atoms with Crippen molar-refractivity contribution >= 4 is 33.6 Å². The summed E-state index contributed by atoms with van der Waals surface area (Å²) in [7, 11) is 0. The number of benzene rings is 1. The molecule has 1 aromatic carbocycles. The van der Waals surface area contributed by atoms with Crippen molar-refractivity contribution in [3.63, 3.8) is 0 Å². The van der Waals surface area contributed by atoms with Gasteiger partial charge in [0.05, 0.1) is 6.54 Å². The molecule has 1 aromatic rings. The van der Waals surface area contributed by atoms with E-state index in [2.05, 4.69) is 27.8 Å². The van der Waals surface area contributed by atoms with E-state index in [0.29, 0.717) is 10.2 Å². The number of hydrogen-bond donors (Lipinski definition) is 3. The highest BCUT2D eigenvalue weighted by molar-refractivity contribution is 9.11. The number of phenolic OH excluding ortho intramolecular Hbond substituents is 1. The number of rotatable bonds is 5. The summed E-state index contributed by atoms with van der Waals surface area (Å²) in [5.74, 6) is -1.10. The lowest BCUT2D eigenvalue weighted by Gasteiger charge is -2.21. The second kappa shape index (κ2) is 6.79. The number of amides is 2. The Kier molecular flexibility index (Phi) is 5.37. The van der Waals surface area contributed by atoms with Gasteiger partial charge in [-0.05, 0) is 24.3 Å². The Balaban J connectivity index is 2.87. The second-order valence-electron chi connectivity index (χ2n) is 3.67. The first-order valence-electron chi connectivity index (χ1n) is 5.29. The summed E-state index contributed by atoms with van der Waals surface area (Å²) in [4.78, 5) is 23.7. The number of halogens is 1. The molecule has 0 aliphatic heterocycles. The second-order valence-corrected chi connectivity index (χ2v) is 4.79. The van der Waals surface area contributed by atoms with Crippen LogP contribution in [-0.4, -0.2) is 35.3 Å². The van der Waals surface area contributed by atoms with Crippen LogP contribution in [0.4, 0.5) is 10.5 Å². The van der Waals surface area contributed by atoms with E-state index in [4.69, 9.17) is 5.11 Å². The van der Waals surface area contributed by atoms with Crippen molar-refractivity contribution in [2.24, 2.45) is 0 Å². The number of nitrogens with one attached hydrogen (secondary N) is 1. The minimum atomic E-state index is -1.14. The number of carboxylic acid groups (broad SMARTS) is 1. The minimum Gasteiger partial charge on any atom is -0.508 e.